The monoisotopic (exact) mass is 295 g/mol. The number of sulfonamides is 1. The Morgan fingerprint density at radius 3 is 2.78 bits per heavy atom. The van der Waals surface area contributed by atoms with E-state index < -0.39 is 10.0 Å². The molecular formula is C10H18ClN3O3S. The molecule has 0 amide bonds. The molecule has 0 unspecified atom stereocenters. The van der Waals surface area contributed by atoms with Gasteiger partial charge in [0.05, 0.1) is 6.33 Å². The van der Waals surface area contributed by atoms with Gasteiger partial charge in [0, 0.05) is 26.8 Å². The lowest BCUT2D eigenvalue weighted by Gasteiger charge is -2.05. The zero-order valence-corrected chi connectivity index (χ0v) is 12.1. The van der Waals surface area contributed by atoms with Crippen LogP contribution in [0, 0.1) is 0 Å². The molecule has 0 aliphatic rings. The molecule has 1 aromatic rings. The molecule has 104 valence electrons. The van der Waals surface area contributed by atoms with Crippen molar-refractivity contribution in [3.8, 4) is 0 Å². The van der Waals surface area contributed by atoms with E-state index in [9.17, 15) is 8.42 Å². The van der Waals surface area contributed by atoms with Crippen molar-refractivity contribution in [3.05, 3.63) is 11.5 Å². The second kappa shape index (κ2) is 7.08. The van der Waals surface area contributed by atoms with Crippen LogP contribution in [-0.2, 0) is 21.8 Å². The summed E-state index contributed by atoms with van der Waals surface area (Å²) in [7, 11) is -2.00. The highest BCUT2D eigenvalue weighted by Gasteiger charge is 2.21. The predicted molar refractivity (Wildman–Crippen MR) is 69.1 cm³/mol. The van der Waals surface area contributed by atoms with Crippen molar-refractivity contribution in [2.24, 2.45) is 7.05 Å². The Hall–Kier alpha value is -0.630. The Morgan fingerprint density at radius 1 is 1.50 bits per heavy atom. The van der Waals surface area contributed by atoms with Gasteiger partial charge in [-0.2, -0.15) is 0 Å². The van der Waals surface area contributed by atoms with Gasteiger partial charge in [-0.05, 0) is 12.8 Å². The summed E-state index contributed by atoms with van der Waals surface area (Å²) in [5, 5.41) is -0.0362. The number of ether oxygens (including phenoxy) is 1. The summed E-state index contributed by atoms with van der Waals surface area (Å²) >= 11 is 5.83. The Labute approximate surface area is 112 Å². The van der Waals surface area contributed by atoms with E-state index in [2.05, 4.69) is 9.71 Å². The smallest absolute Gasteiger partial charge is 0.261 e. The van der Waals surface area contributed by atoms with Gasteiger partial charge in [-0.25, -0.2) is 18.1 Å². The van der Waals surface area contributed by atoms with Crippen LogP contribution in [0.1, 0.15) is 19.8 Å². The molecule has 1 rings (SSSR count). The van der Waals surface area contributed by atoms with E-state index in [0.717, 1.165) is 6.42 Å². The zero-order valence-electron chi connectivity index (χ0n) is 10.5. The molecule has 1 N–H and O–H groups in total. The molecule has 0 atom stereocenters. The molecule has 0 aliphatic carbocycles. The van der Waals surface area contributed by atoms with Crippen molar-refractivity contribution in [2.45, 2.75) is 24.8 Å². The van der Waals surface area contributed by atoms with Crippen LogP contribution < -0.4 is 4.72 Å². The number of aryl methyl sites for hydroxylation is 1. The van der Waals surface area contributed by atoms with E-state index >= 15 is 0 Å². The number of rotatable bonds is 8. The third-order valence-electron chi connectivity index (χ3n) is 2.19. The van der Waals surface area contributed by atoms with Crippen molar-refractivity contribution in [2.75, 3.05) is 19.8 Å². The van der Waals surface area contributed by atoms with Gasteiger partial charge in [0.15, 0.2) is 0 Å². The first-order valence-electron chi connectivity index (χ1n) is 5.73. The van der Waals surface area contributed by atoms with Crippen LogP contribution in [0.15, 0.2) is 11.4 Å². The lowest BCUT2D eigenvalue weighted by atomic mass is 10.4. The number of hydrogen-bond acceptors (Lipinski definition) is 4. The van der Waals surface area contributed by atoms with Crippen LogP contribution in [0.5, 0.6) is 0 Å². The minimum atomic E-state index is -3.63. The fourth-order valence-corrected chi connectivity index (χ4v) is 2.77. The molecule has 0 fully saturated rings. The normalized spacial score (nSPS) is 11.9. The van der Waals surface area contributed by atoms with E-state index in [0.29, 0.717) is 26.2 Å². The van der Waals surface area contributed by atoms with Crippen molar-refractivity contribution in [3.63, 3.8) is 0 Å². The fraction of sp³-hybridized carbons (Fsp3) is 0.700. The van der Waals surface area contributed by atoms with Crippen LogP contribution in [0.3, 0.4) is 0 Å². The summed E-state index contributed by atoms with van der Waals surface area (Å²) in [6.45, 7) is 3.55. The van der Waals surface area contributed by atoms with E-state index in [1.807, 2.05) is 6.92 Å². The quantitative estimate of drug-likeness (QED) is 0.731. The maximum absolute atomic E-state index is 11.8. The Bertz CT molecular complexity index is 473. The molecule has 0 saturated carbocycles. The Kier molecular flexibility index (Phi) is 6.07. The van der Waals surface area contributed by atoms with Crippen molar-refractivity contribution < 1.29 is 13.2 Å². The van der Waals surface area contributed by atoms with Crippen LogP contribution in [0.25, 0.3) is 0 Å². The fourth-order valence-electron chi connectivity index (χ4n) is 1.27. The molecule has 0 spiro atoms. The minimum Gasteiger partial charge on any atom is -0.381 e. The molecular weight excluding hydrogens is 278 g/mol. The molecule has 6 nitrogen and oxygen atoms in total. The summed E-state index contributed by atoms with van der Waals surface area (Å²) < 4.78 is 32.8. The maximum atomic E-state index is 11.8. The second-order valence-corrected chi connectivity index (χ2v) is 5.86. The molecule has 18 heavy (non-hydrogen) atoms. The molecule has 0 saturated heterocycles. The van der Waals surface area contributed by atoms with Gasteiger partial charge in [0.2, 0.25) is 5.03 Å². The van der Waals surface area contributed by atoms with Gasteiger partial charge in [0.1, 0.15) is 5.15 Å². The molecule has 0 aromatic carbocycles. The number of aromatic nitrogens is 2. The first-order chi connectivity index (χ1) is 8.49. The molecule has 8 heteroatoms. The highest BCUT2D eigenvalue weighted by atomic mass is 35.5. The van der Waals surface area contributed by atoms with Gasteiger partial charge >= 0.3 is 0 Å². The van der Waals surface area contributed by atoms with Crippen molar-refractivity contribution >= 4 is 21.6 Å². The molecule has 1 aromatic heterocycles. The Balaban J connectivity index is 2.44. The first kappa shape index (κ1) is 15.4. The van der Waals surface area contributed by atoms with Gasteiger partial charge in [-0.15, -0.1) is 0 Å². The third kappa shape index (κ3) is 4.24. The van der Waals surface area contributed by atoms with Gasteiger partial charge < -0.3 is 9.30 Å². The summed E-state index contributed by atoms with van der Waals surface area (Å²) in [4.78, 5) is 3.76. The SMILES string of the molecule is CCCOCCCNS(=O)(=O)c1ncn(C)c1Cl. The summed E-state index contributed by atoms with van der Waals surface area (Å²) in [6, 6.07) is 0. The van der Waals surface area contributed by atoms with E-state index in [-0.39, 0.29) is 10.2 Å². The molecule has 0 aliphatic heterocycles. The zero-order chi connectivity index (χ0) is 13.6. The Morgan fingerprint density at radius 2 is 2.22 bits per heavy atom. The largest absolute Gasteiger partial charge is 0.381 e. The molecule has 1 heterocycles. The first-order valence-corrected chi connectivity index (χ1v) is 7.59. The van der Waals surface area contributed by atoms with Crippen LogP contribution in [0.4, 0.5) is 0 Å². The lowest BCUT2D eigenvalue weighted by Crippen LogP contribution is -2.26. The second-order valence-electron chi connectivity index (χ2n) is 3.82. The summed E-state index contributed by atoms with van der Waals surface area (Å²) in [6.07, 6.45) is 2.93. The minimum absolute atomic E-state index is 0.102. The number of nitrogens with zero attached hydrogens (tertiary/aromatic N) is 2. The highest BCUT2D eigenvalue weighted by Crippen LogP contribution is 2.17. The van der Waals surface area contributed by atoms with E-state index in [1.165, 1.54) is 10.9 Å². The van der Waals surface area contributed by atoms with Gasteiger partial charge in [-0.3, -0.25) is 0 Å². The van der Waals surface area contributed by atoms with Crippen LogP contribution in [-0.4, -0.2) is 37.7 Å². The third-order valence-corrected chi connectivity index (χ3v) is 4.14. The lowest BCUT2D eigenvalue weighted by molar-refractivity contribution is 0.133. The number of imidazole rings is 1. The predicted octanol–water partition coefficient (Wildman–Crippen LogP) is 1.17. The number of nitrogens with one attached hydrogen (secondary N) is 1. The van der Waals surface area contributed by atoms with E-state index in [4.69, 9.17) is 16.3 Å². The van der Waals surface area contributed by atoms with Gasteiger partial charge in [-0.1, -0.05) is 18.5 Å². The van der Waals surface area contributed by atoms with Crippen molar-refractivity contribution in [1.29, 1.82) is 0 Å². The highest BCUT2D eigenvalue weighted by molar-refractivity contribution is 7.89. The van der Waals surface area contributed by atoms with Crippen molar-refractivity contribution in [1.82, 2.24) is 14.3 Å². The average Bonchev–Trinajstić information content (AvgIpc) is 2.65. The van der Waals surface area contributed by atoms with Gasteiger partial charge in [0.25, 0.3) is 10.0 Å². The average molecular weight is 296 g/mol. The standard InChI is InChI=1S/C10H18ClN3O3S/c1-3-6-17-7-4-5-13-18(15,16)10-9(11)14(2)8-12-10/h8,13H,3-7H2,1-2H3. The number of halogens is 1. The summed E-state index contributed by atoms with van der Waals surface area (Å²) in [5.74, 6) is 0. The maximum Gasteiger partial charge on any atom is 0.261 e. The topological polar surface area (TPSA) is 73.2 Å². The van der Waals surface area contributed by atoms with Crippen LogP contribution in [0.2, 0.25) is 5.15 Å². The molecule has 0 radical (unpaired) electrons. The number of hydrogen-bond donors (Lipinski definition) is 1. The molecule has 0 bridgehead atoms. The van der Waals surface area contributed by atoms with E-state index in [1.54, 1.807) is 7.05 Å². The summed E-state index contributed by atoms with van der Waals surface area (Å²) in [5.41, 5.74) is 0. The van der Waals surface area contributed by atoms with Crippen LogP contribution >= 0.6 is 11.6 Å².